The van der Waals surface area contributed by atoms with Crippen LogP contribution >= 0.6 is 0 Å². The molecule has 0 unspecified atom stereocenters. The first kappa shape index (κ1) is 9.51. The maximum atomic E-state index is 11.5. The van der Waals surface area contributed by atoms with Crippen molar-refractivity contribution in [2.45, 2.75) is 13.8 Å². The van der Waals surface area contributed by atoms with Gasteiger partial charge >= 0.3 is 0 Å². The molecule has 0 aliphatic carbocycles. The molecule has 0 fully saturated rings. The number of nitrogens with two attached hydrogens (primary N) is 1. The van der Waals surface area contributed by atoms with Crippen LogP contribution in [0.25, 0.3) is 0 Å². The molecule has 0 amide bonds. The minimum atomic E-state index is -0.0920. The predicted octanol–water partition coefficient (Wildman–Crippen LogP) is 0.774. The smallest absolute Gasteiger partial charge is 0.190 e. The fraction of sp³-hybridized carbons (Fsp3) is 0.333. The zero-order chi connectivity index (χ0) is 10.0. The highest BCUT2D eigenvalue weighted by atomic mass is 16.1. The van der Waals surface area contributed by atoms with E-state index < -0.39 is 0 Å². The first-order valence-electron chi connectivity index (χ1n) is 3.99. The third-order valence-corrected chi connectivity index (χ3v) is 1.86. The second-order valence-electron chi connectivity index (χ2n) is 3.02. The number of carbonyl (C=O) groups excluding carboxylic acids is 1. The van der Waals surface area contributed by atoms with Gasteiger partial charge in [0.05, 0.1) is 11.8 Å². The molecule has 0 aliphatic heterocycles. The van der Waals surface area contributed by atoms with Crippen molar-refractivity contribution in [3.8, 4) is 0 Å². The number of rotatable bonds is 2. The zero-order valence-corrected chi connectivity index (χ0v) is 8.03. The SMILES string of the molecule is CC(N)=CC(=O)c1cnn(C)c1C. The van der Waals surface area contributed by atoms with Crippen LogP contribution in [-0.2, 0) is 7.05 Å². The Bertz CT molecular complexity index is 359. The van der Waals surface area contributed by atoms with Crippen LogP contribution in [0.1, 0.15) is 23.0 Å². The van der Waals surface area contributed by atoms with Crippen LogP contribution < -0.4 is 5.73 Å². The Morgan fingerprint density at radius 2 is 2.31 bits per heavy atom. The predicted molar refractivity (Wildman–Crippen MR) is 50.2 cm³/mol. The van der Waals surface area contributed by atoms with Gasteiger partial charge in [0.1, 0.15) is 0 Å². The highest BCUT2D eigenvalue weighted by Crippen LogP contribution is 2.07. The Hall–Kier alpha value is -1.58. The van der Waals surface area contributed by atoms with E-state index in [0.717, 1.165) is 5.69 Å². The molecule has 4 heteroatoms. The van der Waals surface area contributed by atoms with Crippen molar-refractivity contribution in [3.63, 3.8) is 0 Å². The van der Waals surface area contributed by atoms with Crippen LogP contribution in [0, 0.1) is 6.92 Å². The lowest BCUT2D eigenvalue weighted by molar-refractivity contribution is 0.104. The summed E-state index contributed by atoms with van der Waals surface area (Å²) in [6.07, 6.45) is 2.96. The van der Waals surface area contributed by atoms with Gasteiger partial charge in [-0.15, -0.1) is 0 Å². The van der Waals surface area contributed by atoms with Crippen molar-refractivity contribution in [3.05, 3.63) is 29.2 Å². The van der Waals surface area contributed by atoms with Gasteiger partial charge in [-0.1, -0.05) is 0 Å². The maximum Gasteiger partial charge on any atom is 0.190 e. The van der Waals surface area contributed by atoms with Crippen molar-refractivity contribution < 1.29 is 4.79 Å². The Balaban J connectivity index is 3.03. The van der Waals surface area contributed by atoms with E-state index in [1.165, 1.54) is 6.08 Å². The standard InChI is InChI=1S/C9H13N3O/c1-6(10)4-9(13)8-5-11-12(3)7(8)2/h4-5H,10H2,1-3H3. The van der Waals surface area contributed by atoms with E-state index in [-0.39, 0.29) is 5.78 Å². The summed E-state index contributed by atoms with van der Waals surface area (Å²) in [6, 6.07) is 0. The zero-order valence-electron chi connectivity index (χ0n) is 8.03. The number of hydrogen-bond donors (Lipinski definition) is 1. The monoisotopic (exact) mass is 179 g/mol. The number of nitrogens with zero attached hydrogens (tertiary/aromatic N) is 2. The number of aryl methyl sites for hydroxylation is 1. The number of ketones is 1. The van der Waals surface area contributed by atoms with Crippen LogP contribution in [-0.4, -0.2) is 15.6 Å². The molecule has 1 rings (SSSR count). The third-order valence-electron chi connectivity index (χ3n) is 1.86. The lowest BCUT2D eigenvalue weighted by Crippen LogP contribution is -2.02. The number of allylic oxidation sites excluding steroid dienone is 2. The summed E-state index contributed by atoms with van der Waals surface area (Å²) in [6.45, 7) is 3.53. The van der Waals surface area contributed by atoms with Gasteiger partial charge in [-0.3, -0.25) is 9.48 Å². The fourth-order valence-corrected chi connectivity index (χ4v) is 1.03. The Kier molecular flexibility index (Phi) is 2.51. The second-order valence-corrected chi connectivity index (χ2v) is 3.02. The van der Waals surface area contributed by atoms with Crippen LogP contribution in [0.4, 0.5) is 0 Å². The molecule has 70 valence electrons. The molecule has 0 saturated carbocycles. The fourth-order valence-electron chi connectivity index (χ4n) is 1.03. The van der Waals surface area contributed by atoms with Gasteiger partial charge in [0.15, 0.2) is 5.78 Å². The molecular formula is C9H13N3O. The molecular weight excluding hydrogens is 166 g/mol. The minimum Gasteiger partial charge on any atom is -0.402 e. The van der Waals surface area contributed by atoms with Gasteiger partial charge in [0.2, 0.25) is 0 Å². The maximum absolute atomic E-state index is 11.5. The van der Waals surface area contributed by atoms with E-state index in [1.54, 1.807) is 24.9 Å². The summed E-state index contributed by atoms with van der Waals surface area (Å²) >= 11 is 0. The van der Waals surface area contributed by atoms with Crippen LogP contribution in [0.3, 0.4) is 0 Å². The first-order chi connectivity index (χ1) is 6.02. The summed E-state index contributed by atoms with van der Waals surface area (Å²) in [5.74, 6) is -0.0920. The molecule has 0 aliphatic rings. The molecule has 2 N–H and O–H groups in total. The average molecular weight is 179 g/mol. The van der Waals surface area contributed by atoms with Gasteiger partial charge in [-0.05, 0) is 13.8 Å². The molecule has 4 nitrogen and oxygen atoms in total. The molecule has 1 heterocycles. The van der Waals surface area contributed by atoms with E-state index >= 15 is 0 Å². The van der Waals surface area contributed by atoms with E-state index in [1.807, 2.05) is 6.92 Å². The Morgan fingerprint density at radius 3 is 2.69 bits per heavy atom. The van der Waals surface area contributed by atoms with E-state index in [4.69, 9.17) is 5.73 Å². The second kappa shape index (κ2) is 3.43. The molecule has 0 radical (unpaired) electrons. The van der Waals surface area contributed by atoms with Gasteiger partial charge in [0, 0.05) is 24.5 Å². The van der Waals surface area contributed by atoms with Crippen molar-refractivity contribution in [2.24, 2.45) is 12.8 Å². The van der Waals surface area contributed by atoms with Gasteiger partial charge in [-0.2, -0.15) is 5.10 Å². The van der Waals surface area contributed by atoms with Gasteiger partial charge < -0.3 is 5.73 Å². The van der Waals surface area contributed by atoms with E-state index in [2.05, 4.69) is 5.10 Å². The molecule has 0 spiro atoms. The molecule has 0 bridgehead atoms. The van der Waals surface area contributed by atoms with E-state index in [0.29, 0.717) is 11.3 Å². The third kappa shape index (κ3) is 1.96. The van der Waals surface area contributed by atoms with Crippen molar-refractivity contribution in [1.29, 1.82) is 0 Å². The largest absolute Gasteiger partial charge is 0.402 e. The van der Waals surface area contributed by atoms with E-state index in [9.17, 15) is 4.79 Å². The highest BCUT2D eigenvalue weighted by molar-refractivity contribution is 6.05. The number of aromatic nitrogens is 2. The van der Waals surface area contributed by atoms with Crippen molar-refractivity contribution in [1.82, 2.24) is 9.78 Å². The molecule has 1 aromatic heterocycles. The Morgan fingerprint density at radius 1 is 1.69 bits per heavy atom. The van der Waals surface area contributed by atoms with Gasteiger partial charge in [0.25, 0.3) is 0 Å². The molecule has 1 aromatic rings. The quantitative estimate of drug-likeness (QED) is 0.539. The van der Waals surface area contributed by atoms with Gasteiger partial charge in [-0.25, -0.2) is 0 Å². The molecule has 0 atom stereocenters. The first-order valence-corrected chi connectivity index (χ1v) is 3.99. The summed E-state index contributed by atoms with van der Waals surface area (Å²) in [5.41, 5.74) is 7.36. The Labute approximate surface area is 77.0 Å². The average Bonchev–Trinajstić information content (AvgIpc) is 2.31. The van der Waals surface area contributed by atoms with Crippen LogP contribution in [0.15, 0.2) is 18.0 Å². The van der Waals surface area contributed by atoms with Crippen molar-refractivity contribution in [2.75, 3.05) is 0 Å². The molecule has 0 aromatic carbocycles. The summed E-state index contributed by atoms with van der Waals surface area (Å²) < 4.78 is 1.66. The highest BCUT2D eigenvalue weighted by Gasteiger charge is 2.09. The summed E-state index contributed by atoms with van der Waals surface area (Å²) in [7, 11) is 1.80. The number of hydrogen-bond acceptors (Lipinski definition) is 3. The number of carbonyl (C=O) groups is 1. The lowest BCUT2D eigenvalue weighted by Gasteiger charge is -1.95. The van der Waals surface area contributed by atoms with Crippen LogP contribution in [0.5, 0.6) is 0 Å². The van der Waals surface area contributed by atoms with Crippen LogP contribution in [0.2, 0.25) is 0 Å². The molecule has 13 heavy (non-hydrogen) atoms. The summed E-state index contributed by atoms with van der Waals surface area (Å²) in [5, 5.41) is 3.97. The lowest BCUT2D eigenvalue weighted by atomic mass is 10.1. The summed E-state index contributed by atoms with van der Waals surface area (Å²) in [4.78, 5) is 11.5. The van der Waals surface area contributed by atoms with Crippen molar-refractivity contribution >= 4 is 5.78 Å². The minimum absolute atomic E-state index is 0.0920. The topological polar surface area (TPSA) is 60.9 Å². The normalized spacial score (nSPS) is 11.8. The molecule has 0 saturated heterocycles.